The lowest BCUT2D eigenvalue weighted by Crippen LogP contribution is -2.39. The molecule has 88 valence electrons. The summed E-state index contributed by atoms with van der Waals surface area (Å²) in [6.45, 7) is 1.48. The Morgan fingerprint density at radius 1 is 1.31 bits per heavy atom. The van der Waals surface area contributed by atoms with Crippen molar-refractivity contribution in [1.82, 2.24) is 5.32 Å². The molecule has 16 heavy (non-hydrogen) atoms. The van der Waals surface area contributed by atoms with Crippen molar-refractivity contribution in [1.29, 1.82) is 0 Å². The first-order valence-corrected chi connectivity index (χ1v) is 5.27. The summed E-state index contributed by atoms with van der Waals surface area (Å²) in [6.07, 6.45) is 0.904. The number of nitrogens with one attached hydrogen (secondary N) is 1. The van der Waals surface area contributed by atoms with E-state index < -0.39 is 5.97 Å². The van der Waals surface area contributed by atoms with Crippen molar-refractivity contribution in [2.45, 2.75) is 12.3 Å². The number of benzene rings is 1. The maximum absolute atomic E-state index is 11.1. The molecule has 0 amide bonds. The van der Waals surface area contributed by atoms with Crippen LogP contribution in [0.4, 0.5) is 0 Å². The van der Waals surface area contributed by atoms with E-state index in [1.807, 2.05) is 30.3 Å². The fourth-order valence-electron chi connectivity index (χ4n) is 2.22. The summed E-state index contributed by atoms with van der Waals surface area (Å²) in [6, 6.07) is 9.94. The number of rotatable bonds is 2. The molecule has 0 aromatic heterocycles. The van der Waals surface area contributed by atoms with Crippen LogP contribution in [-0.4, -0.2) is 24.2 Å². The number of carboxylic acid groups (broad SMARTS) is 1. The molecule has 0 radical (unpaired) electrons. The van der Waals surface area contributed by atoms with Gasteiger partial charge < -0.3 is 10.4 Å². The zero-order valence-corrected chi connectivity index (χ0v) is 9.74. The maximum atomic E-state index is 11.1. The maximum Gasteiger partial charge on any atom is 0.308 e. The third-order valence-corrected chi connectivity index (χ3v) is 3.03. The molecule has 1 heterocycles. The quantitative estimate of drug-likeness (QED) is 0.831. The third-order valence-electron chi connectivity index (χ3n) is 3.03. The lowest BCUT2D eigenvalue weighted by atomic mass is 9.81. The molecule has 0 spiro atoms. The molecule has 1 aromatic carbocycles. The van der Waals surface area contributed by atoms with Crippen molar-refractivity contribution in [3.63, 3.8) is 0 Å². The van der Waals surface area contributed by atoms with Crippen LogP contribution in [0.1, 0.15) is 17.9 Å². The van der Waals surface area contributed by atoms with Gasteiger partial charge in [-0.2, -0.15) is 0 Å². The number of hydrogen-bond acceptors (Lipinski definition) is 2. The van der Waals surface area contributed by atoms with Gasteiger partial charge in [0.2, 0.25) is 0 Å². The molecule has 4 heteroatoms. The SMILES string of the molecule is Cl.O=C(O)[C@@H]1CNCC[C@@H]1c1ccccc1. The zero-order valence-electron chi connectivity index (χ0n) is 8.93. The Hall–Kier alpha value is -1.06. The van der Waals surface area contributed by atoms with E-state index in [4.69, 9.17) is 5.11 Å². The van der Waals surface area contributed by atoms with Gasteiger partial charge in [0.05, 0.1) is 5.92 Å². The molecule has 0 bridgehead atoms. The first-order chi connectivity index (χ1) is 7.29. The van der Waals surface area contributed by atoms with Crippen molar-refractivity contribution in [3.8, 4) is 0 Å². The van der Waals surface area contributed by atoms with Crippen LogP contribution in [0.25, 0.3) is 0 Å². The van der Waals surface area contributed by atoms with Gasteiger partial charge in [-0.3, -0.25) is 4.79 Å². The number of carboxylic acids is 1. The Bertz CT molecular complexity index is 342. The molecular weight excluding hydrogens is 226 g/mol. The van der Waals surface area contributed by atoms with E-state index >= 15 is 0 Å². The summed E-state index contributed by atoms with van der Waals surface area (Å²) < 4.78 is 0. The highest BCUT2D eigenvalue weighted by atomic mass is 35.5. The molecular formula is C12H16ClNO2. The first kappa shape index (κ1) is 13.0. The van der Waals surface area contributed by atoms with Crippen molar-refractivity contribution in [2.24, 2.45) is 5.92 Å². The van der Waals surface area contributed by atoms with E-state index in [0.717, 1.165) is 18.5 Å². The Kier molecular flexibility index (Phi) is 4.77. The summed E-state index contributed by atoms with van der Waals surface area (Å²) in [4.78, 5) is 11.1. The summed E-state index contributed by atoms with van der Waals surface area (Å²) in [5, 5.41) is 12.3. The lowest BCUT2D eigenvalue weighted by molar-refractivity contribution is -0.142. The summed E-state index contributed by atoms with van der Waals surface area (Å²) >= 11 is 0. The molecule has 2 atom stereocenters. The van der Waals surface area contributed by atoms with Crippen LogP contribution in [0.15, 0.2) is 30.3 Å². The molecule has 1 aromatic rings. The van der Waals surface area contributed by atoms with Gasteiger partial charge in [0, 0.05) is 6.54 Å². The van der Waals surface area contributed by atoms with Gasteiger partial charge in [-0.1, -0.05) is 30.3 Å². The normalized spacial score (nSPS) is 24.5. The fourth-order valence-corrected chi connectivity index (χ4v) is 2.22. The highest BCUT2D eigenvalue weighted by Crippen LogP contribution is 2.30. The fraction of sp³-hybridized carbons (Fsp3) is 0.417. The van der Waals surface area contributed by atoms with Gasteiger partial charge >= 0.3 is 5.97 Å². The van der Waals surface area contributed by atoms with Gasteiger partial charge in [-0.15, -0.1) is 12.4 Å². The first-order valence-electron chi connectivity index (χ1n) is 5.27. The summed E-state index contributed by atoms with van der Waals surface area (Å²) in [5.74, 6) is -0.831. The lowest BCUT2D eigenvalue weighted by Gasteiger charge is -2.29. The molecule has 2 N–H and O–H groups in total. The van der Waals surface area contributed by atoms with Crippen LogP contribution in [0.5, 0.6) is 0 Å². The van der Waals surface area contributed by atoms with E-state index in [9.17, 15) is 4.79 Å². The van der Waals surface area contributed by atoms with Gasteiger partial charge in [0.15, 0.2) is 0 Å². The number of hydrogen-bond donors (Lipinski definition) is 2. The second kappa shape index (κ2) is 5.87. The zero-order chi connectivity index (χ0) is 10.7. The number of halogens is 1. The van der Waals surface area contributed by atoms with E-state index in [0.29, 0.717) is 6.54 Å². The van der Waals surface area contributed by atoms with Crippen LogP contribution in [-0.2, 0) is 4.79 Å². The second-order valence-corrected chi connectivity index (χ2v) is 3.95. The molecule has 1 saturated heterocycles. The van der Waals surface area contributed by atoms with Crippen LogP contribution in [0, 0.1) is 5.92 Å². The van der Waals surface area contributed by atoms with Gasteiger partial charge in [0.25, 0.3) is 0 Å². The van der Waals surface area contributed by atoms with Gasteiger partial charge in [-0.05, 0) is 24.4 Å². The van der Waals surface area contributed by atoms with E-state index in [1.54, 1.807) is 0 Å². The van der Waals surface area contributed by atoms with E-state index in [-0.39, 0.29) is 24.2 Å². The van der Waals surface area contributed by atoms with Crippen LogP contribution < -0.4 is 5.32 Å². The van der Waals surface area contributed by atoms with Gasteiger partial charge in [-0.25, -0.2) is 0 Å². The molecule has 0 aliphatic carbocycles. The predicted molar refractivity (Wildman–Crippen MR) is 65.0 cm³/mol. The molecule has 2 rings (SSSR count). The largest absolute Gasteiger partial charge is 0.481 e. The number of carbonyl (C=O) groups is 1. The standard InChI is InChI=1S/C12H15NO2.ClH/c14-12(15)11-8-13-7-6-10(11)9-4-2-1-3-5-9;/h1-5,10-11,13H,6-8H2,(H,14,15);1H/t10-,11-;/m1./s1. The monoisotopic (exact) mass is 241 g/mol. The Labute approximate surface area is 101 Å². The van der Waals surface area contributed by atoms with Crippen molar-refractivity contribution < 1.29 is 9.90 Å². The molecule has 1 aliphatic rings. The van der Waals surface area contributed by atoms with Crippen molar-refractivity contribution in [2.75, 3.05) is 13.1 Å². The predicted octanol–water partition coefficient (Wildman–Crippen LogP) is 1.89. The average Bonchev–Trinajstić information content (AvgIpc) is 2.30. The van der Waals surface area contributed by atoms with Crippen molar-refractivity contribution >= 4 is 18.4 Å². The number of piperidine rings is 1. The highest BCUT2D eigenvalue weighted by Gasteiger charge is 2.31. The Morgan fingerprint density at radius 2 is 2.00 bits per heavy atom. The molecule has 0 unspecified atom stereocenters. The second-order valence-electron chi connectivity index (χ2n) is 3.95. The van der Waals surface area contributed by atoms with E-state index in [2.05, 4.69) is 5.32 Å². The van der Waals surface area contributed by atoms with Crippen LogP contribution in [0.2, 0.25) is 0 Å². The topological polar surface area (TPSA) is 49.3 Å². The molecule has 1 aliphatic heterocycles. The van der Waals surface area contributed by atoms with E-state index in [1.165, 1.54) is 0 Å². The Morgan fingerprint density at radius 3 is 2.62 bits per heavy atom. The minimum Gasteiger partial charge on any atom is -0.481 e. The van der Waals surface area contributed by atoms with Crippen molar-refractivity contribution in [3.05, 3.63) is 35.9 Å². The minimum atomic E-state index is -0.698. The minimum absolute atomic E-state index is 0. The molecule has 0 saturated carbocycles. The summed E-state index contributed by atoms with van der Waals surface area (Å²) in [7, 11) is 0. The number of aliphatic carboxylic acids is 1. The van der Waals surface area contributed by atoms with Crippen LogP contribution >= 0.6 is 12.4 Å². The van der Waals surface area contributed by atoms with Gasteiger partial charge in [0.1, 0.15) is 0 Å². The Balaban J connectivity index is 0.00000128. The average molecular weight is 242 g/mol. The third kappa shape index (κ3) is 2.74. The molecule has 1 fully saturated rings. The highest BCUT2D eigenvalue weighted by molar-refractivity contribution is 5.85. The summed E-state index contributed by atoms with van der Waals surface area (Å²) in [5.41, 5.74) is 1.14. The molecule has 3 nitrogen and oxygen atoms in total. The smallest absolute Gasteiger partial charge is 0.308 e. The van der Waals surface area contributed by atoms with Crippen LogP contribution in [0.3, 0.4) is 0 Å².